The van der Waals surface area contributed by atoms with Crippen molar-refractivity contribution in [2.75, 3.05) is 32.9 Å². The molecule has 1 aliphatic rings. The second-order valence-corrected chi connectivity index (χ2v) is 6.29. The molecule has 1 heterocycles. The van der Waals surface area contributed by atoms with Crippen molar-refractivity contribution in [1.82, 2.24) is 10.2 Å². The van der Waals surface area contributed by atoms with Crippen LogP contribution >= 0.6 is 11.8 Å². The van der Waals surface area contributed by atoms with Crippen LogP contribution in [0.4, 0.5) is 5.69 Å². The van der Waals surface area contributed by atoms with E-state index >= 15 is 0 Å². The van der Waals surface area contributed by atoms with Crippen molar-refractivity contribution in [3.8, 4) is 0 Å². The Balaban J connectivity index is 2.10. The van der Waals surface area contributed by atoms with Crippen molar-refractivity contribution < 1.29 is 9.72 Å². The fourth-order valence-electron chi connectivity index (χ4n) is 2.78. The number of rotatable bonds is 5. The summed E-state index contributed by atoms with van der Waals surface area (Å²) < 4.78 is 0. The van der Waals surface area contributed by atoms with Crippen LogP contribution in [0.25, 0.3) is 0 Å². The first-order valence-electron chi connectivity index (χ1n) is 7.33. The third-order valence-corrected chi connectivity index (χ3v) is 4.80. The Morgan fingerprint density at radius 1 is 1.45 bits per heavy atom. The number of nitrogens with one attached hydrogen (secondary N) is 1. The van der Waals surface area contributed by atoms with E-state index in [2.05, 4.69) is 5.32 Å². The zero-order valence-electron chi connectivity index (χ0n) is 12.9. The number of hydrogen-bond acceptors (Lipinski definition) is 5. The smallest absolute Gasteiger partial charge is 0.283 e. The molecule has 1 aromatic carbocycles. The lowest BCUT2D eigenvalue weighted by Gasteiger charge is -2.32. The minimum Gasteiger partial charge on any atom is -0.339 e. The Labute approximate surface area is 134 Å². The van der Waals surface area contributed by atoms with E-state index in [1.807, 2.05) is 7.05 Å². The summed E-state index contributed by atoms with van der Waals surface area (Å²) in [5.41, 5.74) is 0.403. The third-order valence-electron chi connectivity index (χ3n) is 4.02. The van der Waals surface area contributed by atoms with Gasteiger partial charge in [0, 0.05) is 24.7 Å². The van der Waals surface area contributed by atoms with Crippen LogP contribution in [0.3, 0.4) is 0 Å². The lowest BCUT2D eigenvalue weighted by molar-refractivity contribution is -0.387. The van der Waals surface area contributed by atoms with Crippen LogP contribution in [0.15, 0.2) is 23.1 Å². The zero-order chi connectivity index (χ0) is 16.1. The number of carbonyl (C=O) groups excluding carboxylic acids is 1. The van der Waals surface area contributed by atoms with Crippen molar-refractivity contribution in [2.45, 2.75) is 17.7 Å². The summed E-state index contributed by atoms with van der Waals surface area (Å²) in [4.78, 5) is 25.6. The lowest BCUT2D eigenvalue weighted by Crippen LogP contribution is -2.40. The number of likely N-dealkylation sites (tertiary alicyclic amines) is 1. The van der Waals surface area contributed by atoms with Crippen LogP contribution in [-0.2, 0) is 0 Å². The van der Waals surface area contributed by atoms with Gasteiger partial charge in [0.15, 0.2) is 0 Å². The zero-order valence-corrected chi connectivity index (χ0v) is 13.7. The van der Waals surface area contributed by atoms with Crippen LogP contribution in [0, 0.1) is 16.0 Å². The van der Waals surface area contributed by atoms with Crippen molar-refractivity contribution in [2.24, 2.45) is 5.92 Å². The Hall–Kier alpha value is -1.60. The summed E-state index contributed by atoms with van der Waals surface area (Å²) in [6.07, 6.45) is 3.73. The fourth-order valence-corrected chi connectivity index (χ4v) is 3.32. The van der Waals surface area contributed by atoms with Gasteiger partial charge in [-0.1, -0.05) is 0 Å². The van der Waals surface area contributed by atoms with E-state index in [-0.39, 0.29) is 11.6 Å². The number of amides is 1. The average molecular weight is 323 g/mol. The number of benzene rings is 1. The second kappa shape index (κ2) is 7.60. The molecule has 1 fully saturated rings. The van der Waals surface area contributed by atoms with Crippen molar-refractivity contribution in [3.05, 3.63) is 33.9 Å². The maximum absolute atomic E-state index is 12.5. The van der Waals surface area contributed by atoms with Crippen LogP contribution in [-0.4, -0.2) is 48.7 Å². The molecule has 1 saturated heterocycles. The highest BCUT2D eigenvalue weighted by molar-refractivity contribution is 7.98. The topological polar surface area (TPSA) is 75.5 Å². The molecule has 1 amide bonds. The summed E-state index contributed by atoms with van der Waals surface area (Å²) in [5.74, 6) is 0.487. The first kappa shape index (κ1) is 16.8. The van der Waals surface area contributed by atoms with E-state index in [0.29, 0.717) is 29.5 Å². The molecule has 6 nitrogen and oxygen atoms in total. The molecule has 0 saturated carbocycles. The van der Waals surface area contributed by atoms with Crippen LogP contribution in [0.5, 0.6) is 0 Å². The van der Waals surface area contributed by atoms with Crippen molar-refractivity contribution >= 4 is 23.4 Å². The molecule has 1 aromatic rings. The standard InChI is InChI=1S/C15H21N3O3S/c1-16-10-11-5-7-17(8-6-11)15(19)12-3-4-14(22-2)13(9-12)18(20)21/h3-4,9,11,16H,5-8,10H2,1-2H3. The molecule has 0 aliphatic carbocycles. The number of nitro groups is 1. The number of nitrogens with zero attached hydrogens (tertiary/aromatic N) is 2. The van der Waals surface area contributed by atoms with E-state index in [1.165, 1.54) is 17.8 Å². The molecule has 0 atom stereocenters. The minimum atomic E-state index is -0.429. The molecule has 1 aliphatic heterocycles. The number of piperidine rings is 1. The maximum Gasteiger partial charge on any atom is 0.283 e. The fraction of sp³-hybridized carbons (Fsp3) is 0.533. The predicted octanol–water partition coefficient (Wildman–Crippen LogP) is 2.39. The minimum absolute atomic E-state index is 0.00317. The Kier molecular flexibility index (Phi) is 5.79. The number of nitro benzene ring substituents is 1. The van der Waals surface area contributed by atoms with Gasteiger partial charge >= 0.3 is 0 Å². The van der Waals surface area contributed by atoms with Gasteiger partial charge in [0.1, 0.15) is 0 Å². The normalized spacial score (nSPS) is 15.8. The van der Waals surface area contributed by atoms with Gasteiger partial charge in [-0.25, -0.2) is 0 Å². The van der Waals surface area contributed by atoms with Crippen LogP contribution in [0.1, 0.15) is 23.2 Å². The van der Waals surface area contributed by atoms with Gasteiger partial charge in [-0.05, 0) is 50.7 Å². The van der Waals surface area contributed by atoms with E-state index < -0.39 is 4.92 Å². The van der Waals surface area contributed by atoms with E-state index in [1.54, 1.807) is 23.3 Å². The van der Waals surface area contributed by atoms with Crippen LogP contribution in [0.2, 0.25) is 0 Å². The summed E-state index contributed by atoms with van der Waals surface area (Å²) in [6, 6.07) is 4.73. The first-order valence-corrected chi connectivity index (χ1v) is 8.55. The quantitative estimate of drug-likeness (QED) is 0.511. The van der Waals surface area contributed by atoms with Gasteiger partial charge in [-0.15, -0.1) is 11.8 Å². The molecular formula is C15H21N3O3S. The molecule has 120 valence electrons. The van der Waals surface area contributed by atoms with Gasteiger partial charge in [0.25, 0.3) is 11.6 Å². The summed E-state index contributed by atoms with van der Waals surface area (Å²) in [6.45, 7) is 2.39. The number of thioether (sulfide) groups is 1. The third kappa shape index (κ3) is 3.78. The highest BCUT2D eigenvalue weighted by Crippen LogP contribution is 2.29. The molecule has 0 bridgehead atoms. The summed E-state index contributed by atoms with van der Waals surface area (Å²) in [7, 11) is 1.93. The van der Waals surface area contributed by atoms with Crippen LogP contribution < -0.4 is 5.32 Å². The van der Waals surface area contributed by atoms with E-state index in [9.17, 15) is 14.9 Å². The highest BCUT2D eigenvalue weighted by Gasteiger charge is 2.25. The van der Waals surface area contributed by atoms with Crippen molar-refractivity contribution in [1.29, 1.82) is 0 Å². The first-order chi connectivity index (χ1) is 10.6. The highest BCUT2D eigenvalue weighted by atomic mass is 32.2. The van der Waals surface area contributed by atoms with Gasteiger partial charge in [0.2, 0.25) is 0 Å². The molecular weight excluding hydrogens is 302 g/mol. The molecule has 2 rings (SSSR count). The lowest BCUT2D eigenvalue weighted by atomic mass is 9.96. The summed E-state index contributed by atoms with van der Waals surface area (Å²) in [5, 5.41) is 14.3. The molecule has 0 aromatic heterocycles. The Morgan fingerprint density at radius 3 is 2.68 bits per heavy atom. The Morgan fingerprint density at radius 2 is 2.14 bits per heavy atom. The Bertz CT molecular complexity index is 557. The molecule has 7 heteroatoms. The maximum atomic E-state index is 12.5. The largest absolute Gasteiger partial charge is 0.339 e. The number of carbonyl (C=O) groups is 1. The average Bonchev–Trinajstić information content (AvgIpc) is 2.54. The van der Waals surface area contributed by atoms with Gasteiger partial charge < -0.3 is 10.2 Å². The summed E-state index contributed by atoms with van der Waals surface area (Å²) >= 11 is 1.31. The van der Waals surface area contributed by atoms with E-state index in [0.717, 1.165) is 19.4 Å². The van der Waals surface area contributed by atoms with Crippen molar-refractivity contribution in [3.63, 3.8) is 0 Å². The van der Waals surface area contributed by atoms with Gasteiger partial charge in [0.05, 0.1) is 9.82 Å². The second-order valence-electron chi connectivity index (χ2n) is 5.44. The molecule has 1 N–H and O–H groups in total. The monoisotopic (exact) mass is 323 g/mol. The van der Waals surface area contributed by atoms with E-state index in [4.69, 9.17) is 0 Å². The molecule has 0 unspecified atom stereocenters. The van der Waals surface area contributed by atoms with Gasteiger partial charge in [-0.2, -0.15) is 0 Å². The molecule has 22 heavy (non-hydrogen) atoms. The molecule has 0 spiro atoms. The molecule has 0 radical (unpaired) electrons. The SMILES string of the molecule is CNCC1CCN(C(=O)c2ccc(SC)c([N+](=O)[O-])c2)CC1. The number of hydrogen-bond donors (Lipinski definition) is 1. The predicted molar refractivity (Wildman–Crippen MR) is 87.4 cm³/mol. The van der Waals surface area contributed by atoms with Gasteiger partial charge in [-0.3, -0.25) is 14.9 Å².